The summed E-state index contributed by atoms with van der Waals surface area (Å²) in [6.07, 6.45) is 48.0. The molecule has 250 valence electrons. The molecule has 1 heteroatoms. The standard InChI is InChI=1S/C40H85P/c1-7-9-11-13-15-17-19-21-23-25-27-29-31-33-35-41(37-39(3)4,38-40(5)6)36-34-32-30-28-26-24-22-20-18-16-14-12-10-8-2/h39-41H,7-38H2,1-6H3. The van der Waals surface area contributed by atoms with Crippen molar-refractivity contribution in [2.45, 2.75) is 221 Å². The molecule has 0 saturated carbocycles. The Balaban J connectivity index is 4.02. The number of unbranched alkanes of at least 4 members (excludes halogenated alkanes) is 26. The summed E-state index contributed by atoms with van der Waals surface area (Å²) < 4.78 is 0. The fourth-order valence-corrected chi connectivity index (χ4v) is 14.4. The van der Waals surface area contributed by atoms with Gasteiger partial charge in [-0.05, 0) is 0 Å². The van der Waals surface area contributed by atoms with Crippen molar-refractivity contribution in [3.05, 3.63) is 0 Å². The summed E-state index contributed by atoms with van der Waals surface area (Å²) in [7, 11) is -1.13. The van der Waals surface area contributed by atoms with Gasteiger partial charge in [0.1, 0.15) is 0 Å². The first-order valence-corrected chi connectivity index (χ1v) is 22.8. The van der Waals surface area contributed by atoms with Crippen molar-refractivity contribution in [3.8, 4) is 0 Å². The Kier molecular flexibility index (Phi) is 32.2. The van der Waals surface area contributed by atoms with E-state index in [1.54, 1.807) is 37.5 Å². The van der Waals surface area contributed by atoms with Crippen molar-refractivity contribution in [1.82, 2.24) is 0 Å². The third-order valence-corrected chi connectivity index (χ3v) is 16.0. The van der Waals surface area contributed by atoms with E-state index in [0.29, 0.717) is 0 Å². The first kappa shape index (κ1) is 41.4. The van der Waals surface area contributed by atoms with Gasteiger partial charge in [-0.2, -0.15) is 0 Å². The number of hydrogen-bond acceptors (Lipinski definition) is 0. The zero-order valence-corrected chi connectivity index (χ0v) is 31.3. The SMILES string of the molecule is CCCCCCCCCCCCCCCC[PH](CCCCCCCCCCCCCCCC)(CC(C)C)CC(C)C. The van der Waals surface area contributed by atoms with Crippen molar-refractivity contribution in [2.24, 2.45) is 11.8 Å². The van der Waals surface area contributed by atoms with Gasteiger partial charge in [-0.15, -0.1) is 0 Å². The van der Waals surface area contributed by atoms with Gasteiger partial charge in [0.05, 0.1) is 0 Å². The predicted octanol–water partition coefficient (Wildman–Crippen LogP) is 15.0. The van der Waals surface area contributed by atoms with Crippen LogP contribution >= 0.6 is 7.26 Å². The molecule has 0 aliphatic carbocycles. The van der Waals surface area contributed by atoms with Gasteiger partial charge >= 0.3 is 213 Å². The minimum absolute atomic E-state index is 0.902. The van der Waals surface area contributed by atoms with Crippen LogP contribution in [0.3, 0.4) is 0 Å². The van der Waals surface area contributed by atoms with E-state index in [4.69, 9.17) is 0 Å². The van der Waals surface area contributed by atoms with Gasteiger partial charge in [-0.25, -0.2) is 0 Å². The second-order valence-electron chi connectivity index (χ2n) is 15.4. The summed E-state index contributed by atoms with van der Waals surface area (Å²) in [5.41, 5.74) is 0. The molecule has 0 heterocycles. The van der Waals surface area contributed by atoms with E-state index in [1.807, 2.05) is 0 Å². The van der Waals surface area contributed by atoms with Gasteiger partial charge in [-0.1, -0.05) is 52.4 Å². The van der Waals surface area contributed by atoms with E-state index < -0.39 is 7.26 Å². The third-order valence-electron chi connectivity index (χ3n) is 9.80. The van der Waals surface area contributed by atoms with Gasteiger partial charge in [0.25, 0.3) is 0 Å². The number of rotatable bonds is 34. The number of hydrogen-bond donors (Lipinski definition) is 0. The fraction of sp³-hybridized carbons (Fsp3) is 1.00. The zero-order valence-electron chi connectivity index (χ0n) is 30.3. The summed E-state index contributed by atoms with van der Waals surface area (Å²) in [6.45, 7) is 14.7. The van der Waals surface area contributed by atoms with Crippen LogP contribution in [0.15, 0.2) is 0 Å². The van der Waals surface area contributed by atoms with Crippen LogP contribution in [0.25, 0.3) is 0 Å². The van der Waals surface area contributed by atoms with Crippen LogP contribution in [0, 0.1) is 11.8 Å². The van der Waals surface area contributed by atoms with Gasteiger partial charge in [0.15, 0.2) is 0 Å². The van der Waals surface area contributed by atoms with Crippen molar-refractivity contribution in [3.63, 3.8) is 0 Å². The quantitative estimate of drug-likeness (QED) is 0.0512. The van der Waals surface area contributed by atoms with Crippen molar-refractivity contribution in [2.75, 3.05) is 24.6 Å². The molecule has 41 heavy (non-hydrogen) atoms. The average molecular weight is 597 g/mol. The molecule has 0 aliphatic rings. The second-order valence-corrected chi connectivity index (χ2v) is 20.2. The topological polar surface area (TPSA) is 0 Å². The molecule has 0 saturated heterocycles. The molecule has 0 aromatic rings. The van der Waals surface area contributed by atoms with Gasteiger partial charge < -0.3 is 0 Å². The fourth-order valence-electron chi connectivity index (χ4n) is 7.74. The second kappa shape index (κ2) is 31.8. The molecular weight excluding hydrogens is 511 g/mol. The summed E-state index contributed by atoms with van der Waals surface area (Å²) >= 11 is 0. The molecule has 0 atom stereocenters. The first-order chi connectivity index (χ1) is 20.0. The first-order valence-electron chi connectivity index (χ1n) is 20.0. The molecular formula is C40H85P. The van der Waals surface area contributed by atoms with Crippen molar-refractivity contribution in [1.29, 1.82) is 0 Å². The maximum atomic E-state index is 2.51. The van der Waals surface area contributed by atoms with E-state index >= 15 is 0 Å². The van der Waals surface area contributed by atoms with Crippen LogP contribution in [0.2, 0.25) is 0 Å². The molecule has 0 amide bonds. The van der Waals surface area contributed by atoms with Gasteiger partial charge in [0, 0.05) is 0 Å². The van der Waals surface area contributed by atoms with Crippen LogP contribution in [0.1, 0.15) is 221 Å². The molecule has 0 nitrogen and oxygen atoms in total. The van der Waals surface area contributed by atoms with Gasteiger partial charge in [-0.3, -0.25) is 0 Å². The van der Waals surface area contributed by atoms with Crippen molar-refractivity contribution < 1.29 is 0 Å². The van der Waals surface area contributed by atoms with E-state index in [2.05, 4.69) is 41.5 Å². The molecule has 0 rings (SSSR count). The van der Waals surface area contributed by atoms with E-state index in [1.165, 1.54) is 167 Å². The normalized spacial score (nSPS) is 12.7. The molecule has 0 N–H and O–H groups in total. The maximum absolute atomic E-state index is 2.51. The summed E-state index contributed by atoms with van der Waals surface area (Å²) in [5.74, 6) is 1.80. The average Bonchev–Trinajstić information content (AvgIpc) is 2.92. The van der Waals surface area contributed by atoms with Crippen LogP contribution in [0.4, 0.5) is 0 Å². The van der Waals surface area contributed by atoms with Crippen LogP contribution < -0.4 is 0 Å². The van der Waals surface area contributed by atoms with Crippen LogP contribution in [0.5, 0.6) is 0 Å². The summed E-state index contributed by atoms with van der Waals surface area (Å²) in [6, 6.07) is 0. The molecule has 0 unspecified atom stereocenters. The van der Waals surface area contributed by atoms with Gasteiger partial charge in [0.2, 0.25) is 0 Å². The Morgan fingerprint density at radius 2 is 0.488 bits per heavy atom. The molecule has 0 fully saturated rings. The minimum atomic E-state index is -1.13. The van der Waals surface area contributed by atoms with Crippen LogP contribution in [-0.4, -0.2) is 24.6 Å². The molecule has 0 bridgehead atoms. The zero-order chi connectivity index (χ0) is 30.3. The van der Waals surface area contributed by atoms with Crippen molar-refractivity contribution >= 4 is 7.26 Å². The van der Waals surface area contributed by atoms with E-state index in [0.717, 1.165) is 11.8 Å². The van der Waals surface area contributed by atoms with E-state index in [-0.39, 0.29) is 0 Å². The summed E-state index contributed by atoms with van der Waals surface area (Å²) in [5, 5.41) is 0. The Bertz CT molecular complexity index is 437. The molecule has 0 aromatic heterocycles. The predicted molar refractivity (Wildman–Crippen MR) is 198 cm³/mol. The molecule has 0 radical (unpaired) electrons. The molecule has 0 spiro atoms. The molecule has 0 aliphatic heterocycles. The van der Waals surface area contributed by atoms with Crippen LogP contribution in [-0.2, 0) is 0 Å². The Labute approximate surface area is 264 Å². The van der Waals surface area contributed by atoms with E-state index in [9.17, 15) is 0 Å². The third kappa shape index (κ3) is 30.2. The monoisotopic (exact) mass is 597 g/mol. The summed E-state index contributed by atoms with van der Waals surface area (Å²) in [4.78, 5) is 0. The molecule has 0 aromatic carbocycles. The Morgan fingerprint density at radius 1 is 0.293 bits per heavy atom. The Hall–Kier alpha value is 0.430. The Morgan fingerprint density at radius 3 is 0.683 bits per heavy atom.